The van der Waals surface area contributed by atoms with E-state index in [1.54, 1.807) is 25.1 Å². The highest BCUT2D eigenvalue weighted by Crippen LogP contribution is 2.59. The molecule has 0 aliphatic heterocycles. The number of anilines is 4. The summed E-state index contributed by atoms with van der Waals surface area (Å²) in [5, 5.41) is 10.0. The average Bonchev–Trinajstić information content (AvgIpc) is 3.31. The van der Waals surface area contributed by atoms with Crippen molar-refractivity contribution in [1.29, 1.82) is 0 Å². The molecule has 37 heavy (non-hydrogen) atoms. The van der Waals surface area contributed by atoms with Crippen molar-refractivity contribution in [3.63, 3.8) is 0 Å². The fourth-order valence-electron chi connectivity index (χ4n) is 6.76. The molecule has 3 aromatic rings. The number of aromatic nitrogens is 1. The molecule has 1 heterocycles. The molecule has 2 unspecified atom stereocenters. The van der Waals surface area contributed by atoms with E-state index in [-0.39, 0.29) is 17.1 Å². The number of nitrogens with one attached hydrogen (secondary N) is 3. The third-order valence-corrected chi connectivity index (χ3v) is 8.13. The minimum Gasteiger partial charge on any atom is -0.461 e. The molecular weight excluding hydrogens is 464 g/mol. The lowest BCUT2D eigenvalue weighted by atomic mass is 9.75. The Kier molecular flexibility index (Phi) is 6.07. The summed E-state index contributed by atoms with van der Waals surface area (Å²) in [4.78, 5) is 29.2. The maximum Gasteiger partial charge on any atom is 0.356 e. The second-order valence-corrected chi connectivity index (χ2v) is 10.7. The number of carbonyl (C=O) groups excluding carboxylic acids is 2. The minimum absolute atomic E-state index is 0.0376. The molecule has 7 heteroatoms. The first-order valence-corrected chi connectivity index (χ1v) is 13.2. The summed E-state index contributed by atoms with van der Waals surface area (Å²) in [5.74, 6) is 2.66. The number of hydrogen-bond donors (Lipinski definition) is 3. The number of amides is 1. The molecule has 2 aromatic carbocycles. The van der Waals surface area contributed by atoms with Crippen molar-refractivity contribution in [2.75, 3.05) is 17.2 Å². The van der Waals surface area contributed by atoms with Gasteiger partial charge in [0.25, 0.3) is 5.91 Å². The monoisotopic (exact) mass is 496 g/mol. The lowest BCUT2D eigenvalue weighted by Gasteiger charge is -2.39. The summed E-state index contributed by atoms with van der Waals surface area (Å²) in [6.07, 6.45) is 6.23. The van der Waals surface area contributed by atoms with Crippen LogP contribution in [0.15, 0.2) is 66.7 Å². The Morgan fingerprint density at radius 1 is 0.865 bits per heavy atom. The zero-order chi connectivity index (χ0) is 25.4. The van der Waals surface area contributed by atoms with Gasteiger partial charge in [0, 0.05) is 28.2 Å². The third kappa shape index (κ3) is 4.90. The van der Waals surface area contributed by atoms with E-state index in [2.05, 4.69) is 20.9 Å². The molecule has 1 aromatic heterocycles. The van der Waals surface area contributed by atoms with Gasteiger partial charge in [0.1, 0.15) is 5.82 Å². The molecule has 4 aliphatic rings. The van der Waals surface area contributed by atoms with Gasteiger partial charge < -0.3 is 20.7 Å². The Balaban J connectivity index is 1.05. The van der Waals surface area contributed by atoms with E-state index in [1.807, 2.05) is 48.5 Å². The molecule has 7 nitrogen and oxygen atoms in total. The summed E-state index contributed by atoms with van der Waals surface area (Å²) in [7, 11) is 0. The predicted octanol–water partition coefficient (Wildman–Crippen LogP) is 6.05. The SMILES string of the molecule is CCOC(=O)c1cccc(Nc2ccc(Nc3ccc(C(=O)NC45CC6CC(C4)C(C6)C5)cc3)cc2)n1. The number of hydrogen-bond acceptors (Lipinski definition) is 6. The zero-order valence-corrected chi connectivity index (χ0v) is 21.0. The highest BCUT2D eigenvalue weighted by Gasteiger charge is 2.56. The molecule has 4 bridgehead atoms. The van der Waals surface area contributed by atoms with Crippen LogP contribution in [0.2, 0.25) is 0 Å². The van der Waals surface area contributed by atoms with E-state index in [1.165, 1.54) is 12.8 Å². The fourth-order valence-corrected chi connectivity index (χ4v) is 6.76. The molecule has 1 amide bonds. The summed E-state index contributed by atoms with van der Waals surface area (Å²) < 4.78 is 5.02. The molecule has 4 aliphatic carbocycles. The number of rotatable bonds is 8. The Morgan fingerprint density at radius 2 is 1.49 bits per heavy atom. The van der Waals surface area contributed by atoms with Crippen LogP contribution in [0.25, 0.3) is 0 Å². The van der Waals surface area contributed by atoms with Crippen molar-refractivity contribution in [3.8, 4) is 0 Å². The highest BCUT2D eigenvalue weighted by atomic mass is 16.5. The van der Waals surface area contributed by atoms with Gasteiger partial charge in [-0.2, -0.15) is 0 Å². The van der Waals surface area contributed by atoms with E-state index in [9.17, 15) is 9.59 Å². The van der Waals surface area contributed by atoms with Crippen LogP contribution in [0.1, 0.15) is 59.9 Å². The smallest absolute Gasteiger partial charge is 0.356 e. The normalized spacial score (nSPS) is 25.1. The van der Waals surface area contributed by atoms with Crippen LogP contribution in [0, 0.1) is 17.8 Å². The van der Waals surface area contributed by atoms with Gasteiger partial charge in [-0.05, 0) is 117 Å². The second-order valence-electron chi connectivity index (χ2n) is 10.7. The van der Waals surface area contributed by atoms with Gasteiger partial charge in [-0.15, -0.1) is 0 Å². The highest BCUT2D eigenvalue weighted by molar-refractivity contribution is 5.95. The van der Waals surface area contributed by atoms with Crippen LogP contribution < -0.4 is 16.0 Å². The van der Waals surface area contributed by atoms with E-state index in [0.29, 0.717) is 18.0 Å². The van der Waals surface area contributed by atoms with Gasteiger partial charge in [0.05, 0.1) is 6.61 Å². The molecular formula is C30H32N4O3. The van der Waals surface area contributed by atoms with Crippen molar-refractivity contribution in [1.82, 2.24) is 10.3 Å². The van der Waals surface area contributed by atoms with E-state index < -0.39 is 5.97 Å². The molecule has 0 radical (unpaired) electrons. The number of benzene rings is 2. The summed E-state index contributed by atoms with van der Waals surface area (Å²) in [6.45, 7) is 2.08. The largest absolute Gasteiger partial charge is 0.461 e. The number of esters is 1. The van der Waals surface area contributed by atoms with Crippen LogP contribution in [-0.4, -0.2) is 29.0 Å². The van der Waals surface area contributed by atoms with Gasteiger partial charge in [-0.3, -0.25) is 4.79 Å². The number of carbonyl (C=O) groups is 2. The molecule has 4 fully saturated rings. The lowest BCUT2D eigenvalue weighted by Crippen LogP contribution is -2.50. The van der Waals surface area contributed by atoms with Gasteiger partial charge in [-0.1, -0.05) is 6.07 Å². The average molecular weight is 497 g/mol. The fraction of sp³-hybridized carbons (Fsp3) is 0.367. The molecule has 7 rings (SSSR count). The summed E-state index contributed by atoms with van der Waals surface area (Å²) in [6, 6.07) is 20.7. The van der Waals surface area contributed by atoms with Gasteiger partial charge >= 0.3 is 5.97 Å². The Bertz CT molecular complexity index is 1290. The van der Waals surface area contributed by atoms with Crippen LogP contribution in [-0.2, 0) is 4.74 Å². The van der Waals surface area contributed by atoms with Crippen molar-refractivity contribution in [2.45, 2.75) is 44.6 Å². The third-order valence-electron chi connectivity index (χ3n) is 8.13. The van der Waals surface area contributed by atoms with Crippen molar-refractivity contribution < 1.29 is 14.3 Å². The molecule has 0 saturated heterocycles. The molecule has 4 saturated carbocycles. The van der Waals surface area contributed by atoms with Crippen molar-refractivity contribution in [3.05, 3.63) is 78.0 Å². The first-order valence-electron chi connectivity index (χ1n) is 13.2. The topological polar surface area (TPSA) is 92.4 Å². The Hall–Kier alpha value is -3.87. The molecule has 190 valence electrons. The molecule has 3 N–H and O–H groups in total. The van der Waals surface area contributed by atoms with Crippen LogP contribution in [0.4, 0.5) is 22.9 Å². The molecule has 2 atom stereocenters. The summed E-state index contributed by atoms with van der Waals surface area (Å²) in [5.41, 5.74) is 3.70. The summed E-state index contributed by atoms with van der Waals surface area (Å²) >= 11 is 0. The molecule has 0 spiro atoms. The van der Waals surface area contributed by atoms with E-state index in [4.69, 9.17) is 4.74 Å². The Morgan fingerprint density at radius 3 is 2.11 bits per heavy atom. The van der Waals surface area contributed by atoms with E-state index in [0.717, 1.165) is 54.1 Å². The van der Waals surface area contributed by atoms with Crippen LogP contribution in [0.5, 0.6) is 0 Å². The number of ether oxygens (including phenoxy) is 1. The maximum atomic E-state index is 13.0. The number of pyridine rings is 1. The standard InChI is InChI=1S/C30H32N4O3/c1-2-37-29(36)26-4-3-5-27(33-26)32-25-12-10-24(11-13-25)31-23-8-6-20(7-9-23)28(35)34-30-16-19-14-21(17-30)22(15-19)18-30/h3-13,19,21-22,31H,2,14-18H2,1H3,(H,32,33)(H,34,35). The first kappa shape index (κ1) is 23.5. The predicted molar refractivity (Wildman–Crippen MR) is 143 cm³/mol. The van der Waals surface area contributed by atoms with Crippen LogP contribution >= 0.6 is 0 Å². The van der Waals surface area contributed by atoms with Gasteiger partial charge in [0.15, 0.2) is 5.69 Å². The number of nitrogens with zero attached hydrogens (tertiary/aromatic N) is 1. The minimum atomic E-state index is -0.438. The quantitative estimate of drug-likeness (QED) is 0.329. The van der Waals surface area contributed by atoms with Crippen molar-refractivity contribution in [2.24, 2.45) is 17.8 Å². The second kappa shape index (κ2) is 9.54. The maximum absolute atomic E-state index is 13.0. The van der Waals surface area contributed by atoms with Gasteiger partial charge in [0.2, 0.25) is 0 Å². The van der Waals surface area contributed by atoms with Crippen molar-refractivity contribution >= 4 is 34.8 Å². The Labute approximate surface area is 217 Å². The van der Waals surface area contributed by atoms with Crippen LogP contribution in [0.3, 0.4) is 0 Å². The zero-order valence-electron chi connectivity index (χ0n) is 21.0. The first-order chi connectivity index (χ1) is 18.0. The van der Waals surface area contributed by atoms with E-state index >= 15 is 0 Å². The van der Waals surface area contributed by atoms with Gasteiger partial charge in [-0.25, -0.2) is 9.78 Å². The lowest BCUT2D eigenvalue weighted by molar-refractivity contribution is 0.0519.